The molecule has 0 saturated heterocycles. The van der Waals surface area contributed by atoms with E-state index in [4.69, 9.17) is 0 Å². The Morgan fingerprint density at radius 1 is 0.455 bits per heavy atom. The molecular weight excluding hydrogens is 408 g/mol. The van der Waals surface area contributed by atoms with Gasteiger partial charge >= 0.3 is 0 Å². The zero-order valence-electron chi connectivity index (χ0n) is 17.7. The summed E-state index contributed by atoms with van der Waals surface area (Å²) in [5.41, 5.74) is 5.46. The molecule has 33 heavy (non-hydrogen) atoms. The molecule has 5 aromatic carbocycles. The number of benzene rings is 5. The molecule has 0 aliphatic carbocycles. The third-order valence-corrected chi connectivity index (χ3v) is 5.75. The largest absolute Gasteiger partial charge is 0.367 e. The molecule has 1 heterocycles. The molecule has 0 amide bonds. The minimum absolute atomic E-state index is 0.715. The molecule has 1 aliphatic heterocycles. The summed E-state index contributed by atoms with van der Waals surface area (Å²) in [5, 5.41) is 29.0. The second-order valence-electron chi connectivity index (χ2n) is 7.78. The van der Waals surface area contributed by atoms with Gasteiger partial charge in [0.2, 0.25) is 0 Å². The van der Waals surface area contributed by atoms with Crippen molar-refractivity contribution in [3.05, 3.63) is 97.1 Å². The van der Waals surface area contributed by atoms with Crippen molar-refractivity contribution in [1.82, 2.24) is 0 Å². The number of hydrogen-bond acceptors (Lipinski definition) is 6. The Labute approximate surface area is 190 Å². The summed E-state index contributed by atoms with van der Waals surface area (Å²) in [6.45, 7) is 0.715. The van der Waals surface area contributed by atoms with Gasteiger partial charge in [-0.15, -0.1) is 15.3 Å². The molecule has 6 rings (SSSR count). The topological polar surface area (TPSA) is 73.5 Å². The first-order valence-corrected chi connectivity index (χ1v) is 10.8. The van der Waals surface area contributed by atoms with E-state index >= 15 is 0 Å². The van der Waals surface area contributed by atoms with Crippen LogP contribution in [-0.4, -0.2) is 6.67 Å². The van der Waals surface area contributed by atoms with Crippen LogP contribution in [-0.2, 0) is 0 Å². The molecule has 6 heteroatoms. The van der Waals surface area contributed by atoms with Crippen molar-refractivity contribution in [2.24, 2.45) is 20.5 Å². The first kappa shape index (κ1) is 19.1. The van der Waals surface area contributed by atoms with Crippen LogP contribution < -0.4 is 10.6 Å². The van der Waals surface area contributed by atoms with Gasteiger partial charge in [-0.2, -0.15) is 5.11 Å². The Bertz CT molecular complexity index is 1530. The molecular formula is C27H20N6. The lowest BCUT2D eigenvalue weighted by Gasteiger charge is -2.21. The highest BCUT2D eigenvalue weighted by atomic mass is 15.1. The lowest BCUT2D eigenvalue weighted by Crippen LogP contribution is -2.16. The van der Waals surface area contributed by atoms with E-state index in [9.17, 15) is 0 Å². The van der Waals surface area contributed by atoms with E-state index in [0.29, 0.717) is 6.67 Å². The van der Waals surface area contributed by atoms with Crippen molar-refractivity contribution in [3.8, 4) is 0 Å². The first-order chi connectivity index (χ1) is 16.4. The van der Waals surface area contributed by atoms with Crippen LogP contribution in [0, 0.1) is 0 Å². The van der Waals surface area contributed by atoms with Gasteiger partial charge in [-0.25, -0.2) is 0 Å². The Kier molecular flexibility index (Phi) is 4.73. The molecule has 2 N–H and O–H groups in total. The Hall–Kier alpha value is -4.58. The number of nitrogens with zero attached hydrogens (tertiary/aromatic N) is 4. The second-order valence-corrected chi connectivity index (χ2v) is 7.78. The molecule has 0 bridgehead atoms. The summed E-state index contributed by atoms with van der Waals surface area (Å²) in [7, 11) is 0. The molecule has 1 aliphatic rings. The van der Waals surface area contributed by atoms with Crippen LogP contribution in [0.1, 0.15) is 0 Å². The van der Waals surface area contributed by atoms with Crippen LogP contribution in [0.15, 0.2) is 118 Å². The lowest BCUT2D eigenvalue weighted by atomic mass is 10.0. The maximum absolute atomic E-state index is 4.63. The molecule has 0 atom stereocenters. The predicted octanol–water partition coefficient (Wildman–Crippen LogP) is 8.62. The van der Waals surface area contributed by atoms with E-state index < -0.39 is 0 Å². The standard InChI is InChI=1S/C27H20N6/c1-2-7-18(8-3-1)30-31-22-13-14-23(20-10-5-4-9-19(20)22)32-33-24-15-16-26-27-21(24)11-6-12-25(27)28-17-29-26/h1-16,28-29H,17H2. The van der Waals surface area contributed by atoms with Gasteiger partial charge in [0, 0.05) is 32.9 Å². The van der Waals surface area contributed by atoms with Crippen LogP contribution in [0.5, 0.6) is 0 Å². The Balaban J connectivity index is 1.40. The third-order valence-electron chi connectivity index (χ3n) is 5.75. The average molecular weight is 428 g/mol. The second kappa shape index (κ2) is 8.16. The third kappa shape index (κ3) is 3.57. The number of anilines is 2. The van der Waals surface area contributed by atoms with Gasteiger partial charge < -0.3 is 10.6 Å². The lowest BCUT2D eigenvalue weighted by molar-refractivity contribution is 1.20. The first-order valence-electron chi connectivity index (χ1n) is 10.8. The van der Waals surface area contributed by atoms with Crippen LogP contribution in [0.2, 0.25) is 0 Å². The van der Waals surface area contributed by atoms with Crippen molar-refractivity contribution < 1.29 is 0 Å². The normalized spacial score (nSPS) is 13.0. The highest BCUT2D eigenvalue weighted by Gasteiger charge is 2.13. The molecule has 0 aromatic heterocycles. The summed E-state index contributed by atoms with van der Waals surface area (Å²) in [6, 6.07) is 32.0. The fraction of sp³-hybridized carbons (Fsp3) is 0.0370. The molecule has 0 fully saturated rings. The fourth-order valence-corrected chi connectivity index (χ4v) is 4.16. The van der Waals surface area contributed by atoms with Crippen molar-refractivity contribution >= 4 is 55.7 Å². The van der Waals surface area contributed by atoms with Gasteiger partial charge in [-0.05, 0) is 42.5 Å². The minimum atomic E-state index is 0.715. The zero-order valence-corrected chi connectivity index (χ0v) is 17.7. The van der Waals surface area contributed by atoms with E-state index in [-0.39, 0.29) is 0 Å². The maximum Gasteiger partial charge on any atom is 0.0937 e. The summed E-state index contributed by atoms with van der Waals surface area (Å²) in [5.74, 6) is 0. The van der Waals surface area contributed by atoms with Gasteiger partial charge in [-0.1, -0.05) is 54.6 Å². The molecule has 0 spiro atoms. The minimum Gasteiger partial charge on any atom is -0.367 e. The quantitative estimate of drug-likeness (QED) is 0.281. The zero-order chi connectivity index (χ0) is 22.0. The van der Waals surface area contributed by atoms with E-state index in [1.165, 1.54) is 0 Å². The van der Waals surface area contributed by atoms with Crippen LogP contribution in [0.3, 0.4) is 0 Å². The number of azo groups is 2. The van der Waals surface area contributed by atoms with E-state index in [1.54, 1.807) is 0 Å². The van der Waals surface area contributed by atoms with Crippen LogP contribution >= 0.6 is 0 Å². The number of rotatable bonds is 4. The van der Waals surface area contributed by atoms with E-state index in [0.717, 1.165) is 55.7 Å². The molecule has 0 radical (unpaired) electrons. The van der Waals surface area contributed by atoms with Gasteiger partial charge in [0.1, 0.15) is 0 Å². The molecule has 0 saturated carbocycles. The van der Waals surface area contributed by atoms with Gasteiger partial charge in [-0.3, -0.25) is 0 Å². The predicted molar refractivity (Wildman–Crippen MR) is 135 cm³/mol. The van der Waals surface area contributed by atoms with Crippen LogP contribution in [0.25, 0.3) is 21.5 Å². The summed E-state index contributed by atoms with van der Waals surface area (Å²) in [4.78, 5) is 0. The smallest absolute Gasteiger partial charge is 0.0937 e. The van der Waals surface area contributed by atoms with Crippen molar-refractivity contribution in [1.29, 1.82) is 0 Å². The number of fused-ring (bicyclic) bond motifs is 1. The fourth-order valence-electron chi connectivity index (χ4n) is 4.16. The Morgan fingerprint density at radius 2 is 1.00 bits per heavy atom. The van der Waals surface area contributed by atoms with Crippen molar-refractivity contribution in [2.45, 2.75) is 0 Å². The average Bonchev–Trinajstić information content (AvgIpc) is 2.88. The van der Waals surface area contributed by atoms with Gasteiger partial charge in [0.15, 0.2) is 0 Å². The molecule has 5 aromatic rings. The highest BCUT2D eigenvalue weighted by molar-refractivity contribution is 6.09. The summed E-state index contributed by atoms with van der Waals surface area (Å²) < 4.78 is 0. The molecule has 6 nitrogen and oxygen atoms in total. The molecule has 0 unspecified atom stereocenters. The molecule has 158 valence electrons. The summed E-state index contributed by atoms with van der Waals surface area (Å²) >= 11 is 0. The maximum atomic E-state index is 4.63. The van der Waals surface area contributed by atoms with Gasteiger partial charge in [0.25, 0.3) is 0 Å². The van der Waals surface area contributed by atoms with Crippen molar-refractivity contribution in [3.63, 3.8) is 0 Å². The van der Waals surface area contributed by atoms with Gasteiger partial charge in [0.05, 0.1) is 29.4 Å². The van der Waals surface area contributed by atoms with E-state index in [1.807, 2.05) is 78.9 Å². The SMILES string of the molecule is c1ccc(N=Nc2ccc(N=Nc3ccc4c5c(cccc35)NCN4)c3ccccc23)cc1. The van der Waals surface area contributed by atoms with Crippen LogP contribution in [0.4, 0.5) is 34.1 Å². The number of nitrogens with one attached hydrogen (secondary N) is 2. The highest BCUT2D eigenvalue weighted by Crippen LogP contribution is 2.40. The monoisotopic (exact) mass is 428 g/mol. The van der Waals surface area contributed by atoms with E-state index in [2.05, 4.69) is 49.3 Å². The number of hydrogen-bond donors (Lipinski definition) is 2. The summed E-state index contributed by atoms with van der Waals surface area (Å²) in [6.07, 6.45) is 0. The van der Waals surface area contributed by atoms with Crippen molar-refractivity contribution in [2.75, 3.05) is 17.3 Å². The Morgan fingerprint density at radius 3 is 1.73 bits per heavy atom.